The first kappa shape index (κ1) is 14.1. The van der Waals surface area contributed by atoms with E-state index in [1.807, 2.05) is 27.7 Å². The molecule has 2 aromatic heterocycles. The van der Waals surface area contributed by atoms with Crippen LogP contribution >= 0.6 is 0 Å². The number of carbonyl (C=O) groups is 1. The van der Waals surface area contributed by atoms with Crippen LogP contribution in [0.5, 0.6) is 0 Å². The molecule has 23 heavy (non-hydrogen) atoms. The molecule has 1 spiro atoms. The number of aromatic nitrogens is 3. The van der Waals surface area contributed by atoms with Gasteiger partial charge in [-0.15, -0.1) is 0 Å². The van der Waals surface area contributed by atoms with Crippen molar-refractivity contribution < 1.29 is 4.79 Å². The SMILES string of the molecule is CC1(C)CN(C(=O)CC#N)C12CCN(c1ncn3[nH]ccc13)C2. The number of fused-ring (bicyclic) bond motifs is 1. The van der Waals surface area contributed by atoms with Crippen LogP contribution in [0.1, 0.15) is 26.7 Å². The van der Waals surface area contributed by atoms with Crippen molar-refractivity contribution in [3.63, 3.8) is 0 Å². The normalized spacial score (nSPS) is 25.8. The molecule has 1 N–H and O–H groups in total. The van der Waals surface area contributed by atoms with Crippen LogP contribution in [0, 0.1) is 16.7 Å². The number of aromatic amines is 1. The maximum absolute atomic E-state index is 12.3. The Kier molecular flexibility index (Phi) is 2.77. The summed E-state index contributed by atoms with van der Waals surface area (Å²) in [4.78, 5) is 21.0. The molecule has 1 amide bonds. The number of hydrogen-bond acceptors (Lipinski definition) is 4. The van der Waals surface area contributed by atoms with Crippen LogP contribution in [0.25, 0.3) is 5.52 Å². The average molecular weight is 312 g/mol. The third kappa shape index (κ3) is 1.75. The van der Waals surface area contributed by atoms with Crippen LogP contribution in [-0.2, 0) is 4.79 Å². The van der Waals surface area contributed by atoms with Crippen LogP contribution in [0.4, 0.5) is 5.82 Å². The Morgan fingerprint density at radius 2 is 2.30 bits per heavy atom. The molecule has 4 heterocycles. The van der Waals surface area contributed by atoms with Gasteiger partial charge in [0.1, 0.15) is 18.3 Å². The highest BCUT2D eigenvalue weighted by Crippen LogP contribution is 2.53. The van der Waals surface area contributed by atoms with Gasteiger partial charge in [-0.2, -0.15) is 5.26 Å². The summed E-state index contributed by atoms with van der Waals surface area (Å²) < 4.78 is 1.89. The molecule has 0 saturated carbocycles. The lowest BCUT2D eigenvalue weighted by atomic mass is 9.62. The van der Waals surface area contributed by atoms with Crippen molar-refractivity contribution in [2.75, 3.05) is 24.5 Å². The van der Waals surface area contributed by atoms with Crippen molar-refractivity contribution in [1.29, 1.82) is 5.26 Å². The number of rotatable bonds is 2. The Balaban J connectivity index is 1.64. The Morgan fingerprint density at radius 3 is 3.04 bits per heavy atom. The van der Waals surface area contributed by atoms with Crippen LogP contribution in [0.2, 0.25) is 0 Å². The number of H-pyrrole nitrogens is 1. The number of imidazole rings is 1. The zero-order chi connectivity index (χ0) is 16.2. The molecule has 0 aromatic carbocycles. The smallest absolute Gasteiger partial charge is 0.237 e. The largest absolute Gasteiger partial charge is 0.352 e. The molecular weight excluding hydrogens is 292 g/mol. The molecule has 0 aliphatic carbocycles. The summed E-state index contributed by atoms with van der Waals surface area (Å²) in [6.07, 6.45) is 4.55. The number of anilines is 1. The topological polar surface area (TPSA) is 80.4 Å². The Labute approximate surface area is 134 Å². The maximum atomic E-state index is 12.3. The Hall–Kier alpha value is -2.49. The van der Waals surface area contributed by atoms with E-state index >= 15 is 0 Å². The molecule has 7 nitrogen and oxygen atoms in total. The number of hydrogen-bond donors (Lipinski definition) is 1. The van der Waals surface area contributed by atoms with Crippen molar-refractivity contribution in [2.24, 2.45) is 5.41 Å². The fourth-order valence-electron chi connectivity index (χ4n) is 4.25. The number of nitriles is 1. The maximum Gasteiger partial charge on any atom is 0.237 e. The minimum atomic E-state index is -0.187. The van der Waals surface area contributed by atoms with Gasteiger partial charge in [-0.05, 0) is 12.5 Å². The lowest BCUT2D eigenvalue weighted by Gasteiger charge is -2.62. The molecule has 0 radical (unpaired) electrons. The number of nitrogens with zero attached hydrogens (tertiary/aromatic N) is 5. The summed E-state index contributed by atoms with van der Waals surface area (Å²) in [5.41, 5.74) is 0.922. The first-order chi connectivity index (χ1) is 11.0. The summed E-state index contributed by atoms with van der Waals surface area (Å²) in [7, 11) is 0. The molecule has 2 aromatic rings. The third-order valence-corrected chi connectivity index (χ3v) is 5.65. The minimum absolute atomic E-state index is 0.0373. The van der Waals surface area contributed by atoms with Gasteiger partial charge < -0.3 is 14.9 Å². The molecule has 1 unspecified atom stereocenters. The van der Waals surface area contributed by atoms with E-state index in [0.717, 1.165) is 37.4 Å². The second-order valence-corrected chi connectivity index (χ2v) is 7.19. The quantitative estimate of drug-likeness (QED) is 0.909. The summed E-state index contributed by atoms with van der Waals surface area (Å²) in [6, 6.07) is 4.00. The van der Waals surface area contributed by atoms with Gasteiger partial charge in [-0.25, -0.2) is 9.50 Å². The van der Waals surface area contributed by atoms with Crippen molar-refractivity contribution in [3.8, 4) is 6.07 Å². The van der Waals surface area contributed by atoms with Gasteiger partial charge in [0.15, 0.2) is 5.82 Å². The van der Waals surface area contributed by atoms with E-state index in [1.54, 1.807) is 6.33 Å². The first-order valence-electron chi connectivity index (χ1n) is 7.91. The van der Waals surface area contributed by atoms with Crippen LogP contribution in [0.3, 0.4) is 0 Å². The molecule has 1 atom stereocenters. The van der Waals surface area contributed by atoms with E-state index in [-0.39, 0.29) is 23.3 Å². The minimum Gasteiger partial charge on any atom is -0.352 e. The number of likely N-dealkylation sites (tertiary alicyclic amines) is 1. The molecule has 2 fully saturated rings. The fraction of sp³-hybridized carbons (Fsp3) is 0.562. The molecule has 120 valence electrons. The van der Waals surface area contributed by atoms with E-state index in [9.17, 15) is 4.79 Å². The van der Waals surface area contributed by atoms with Crippen molar-refractivity contribution >= 4 is 17.2 Å². The summed E-state index contributed by atoms with van der Waals surface area (Å²) in [5.74, 6) is 0.906. The molecule has 2 aliphatic rings. The summed E-state index contributed by atoms with van der Waals surface area (Å²) in [6.45, 7) is 6.80. The van der Waals surface area contributed by atoms with Crippen LogP contribution in [-0.4, -0.2) is 50.6 Å². The predicted octanol–water partition coefficient (Wildman–Crippen LogP) is 1.39. The van der Waals surface area contributed by atoms with Gasteiger partial charge in [-0.3, -0.25) is 4.79 Å². The zero-order valence-corrected chi connectivity index (χ0v) is 13.4. The lowest BCUT2D eigenvalue weighted by Crippen LogP contribution is -2.74. The number of nitrogens with one attached hydrogen (secondary N) is 1. The van der Waals surface area contributed by atoms with Gasteiger partial charge >= 0.3 is 0 Å². The molecule has 2 aliphatic heterocycles. The van der Waals surface area contributed by atoms with Crippen molar-refractivity contribution in [1.82, 2.24) is 19.5 Å². The van der Waals surface area contributed by atoms with Gasteiger partial charge in [-0.1, -0.05) is 13.8 Å². The number of carbonyl (C=O) groups excluding carboxylic acids is 1. The lowest BCUT2D eigenvalue weighted by molar-refractivity contribution is -0.169. The van der Waals surface area contributed by atoms with E-state index < -0.39 is 0 Å². The van der Waals surface area contributed by atoms with Crippen LogP contribution in [0.15, 0.2) is 18.6 Å². The summed E-state index contributed by atoms with van der Waals surface area (Å²) >= 11 is 0. The highest BCUT2D eigenvalue weighted by atomic mass is 16.2. The first-order valence-corrected chi connectivity index (χ1v) is 7.91. The fourth-order valence-corrected chi connectivity index (χ4v) is 4.25. The predicted molar refractivity (Wildman–Crippen MR) is 84.8 cm³/mol. The monoisotopic (exact) mass is 312 g/mol. The van der Waals surface area contributed by atoms with Crippen LogP contribution < -0.4 is 4.90 Å². The highest BCUT2D eigenvalue weighted by molar-refractivity contribution is 5.81. The van der Waals surface area contributed by atoms with Gasteiger partial charge in [0.05, 0.1) is 11.6 Å². The highest BCUT2D eigenvalue weighted by Gasteiger charge is 2.63. The molecule has 0 bridgehead atoms. The van der Waals surface area contributed by atoms with Gasteiger partial charge in [0.25, 0.3) is 0 Å². The van der Waals surface area contributed by atoms with Gasteiger partial charge in [0.2, 0.25) is 5.91 Å². The van der Waals surface area contributed by atoms with E-state index in [0.29, 0.717) is 0 Å². The number of amides is 1. The Morgan fingerprint density at radius 1 is 1.48 bits per heavy atom. The van der Waals surface area contributed by atoms with Gasteiger partial charge in [0, 0.05) is 31.2 Å². The third-order valence-electron chi connectivity index (χ3n) is 5.65. The zero-order valence-electron chi connectivity index (χ0n) is 13.4. The molecule has 7 heteroatoms. The second-order valence-electron chi connectivity index (χ2n) is 7.19. The molecular formula is C16H20N6O. The standard InChI is InChI=1S/C16H20N6O/c1-15(2)9-21(13(23)3-6-17)16(15)5-8-20(10-16)14-12-4-7-19-22(12)11-18-14/h4,7,11,19H,3,5,8-10H2,1-2H3. The average Bonchev–Trinajstić information content (AvgIpc) is 3.20. The van der Waals surface area contributed by atoms with E-state index in [1.165, 1.54) is 0 Å². The van der Waals surface area contributed by atoms with Crippen molar-refractivity contribution in [2.45, 2.75) is 32.2 Å². The second kappa shape index (κ2) is 4.51. The van der Waals surface area contributed by atoms with Crippen molar-refractivity contribution in [3.05, 3.63) is 18.6 Å². The molecule has 2 saturated heterocycles. The van der Waals surface area contributed by atoms with E-state index in [2.05, 4.69) is 28.8 Å². The van der Waals surface area contributed by atoms with E-state index in [4.69, 9.17) is 5.26 Å². The Bertz CT molecular complexity index is 812. The summed E-state index contributed by atoms with van der Waals surface area (Å²) in [5, 5.41) is 11.9. The molecule has 4 rings (SSSR count).